The van der Waals surface area contributed by atoms with Crippen LogP contribution in [-0.2, 0) is 31.4 Å². The molecule has 0 spiro atoms. The molecule has 0 saturated heterocycles. The number of Topliss-reactive ketones (excluding diaryl/α,β-unsaturated/α-hetero) is 1. The number of carbonyl (C=O) groups is 3. The number of nitrogens with zero attached hydrogens (tertiary/aromatic N) is 3. The average Bonchev–Trinajstić information content (AvgIpc) is 2.87. The minimum atomic E-state index is -1.00. The lowest BCUT2D eigenvalue weighted by atomic mass is 9.74. The maximum absolute atomic E-state index is 13.0. The van der Waals surface area contributed by atoms with E-state index in [1.54, 1.807) is 0 Å². The van der Waals surface area contributed by atoms with Crippen LogP contribution in [0.25, 0.3) is 0 Å². The molecule has 3 rings (SSSR count). The quantitative estimate of drug-likeness (QED) is 0.225. The molecule has 1 amide bonds. The summed E-state index contributed by atoms with van der Waals surface area (Å²) in [6.07, 6.45) is 9.23. The van der Waals surface area contributed by atoms with Crippen molar-refractivity contribution < 1.29 is 28.8 Å². The predicted octanol–water partition coefficient (Wildman–Crippen LogP) is 3.85. The number of benzene rings is 1. The molecule has 1 aliphatic rings. The highest BCUT2D eigenvalue weighted by Crippen LogP contribution is 2.42. The fraction of sp³-hybridized carbons (Fsp3) is 0.462. The van der Waals surface area contributed by atoms with Gasteiger partial charge in [0.1, 0.15) is 18.8 Å². The number of halogens is 2. The lowest BCUT2D eigenvalue weighted by molar-refractivity contribution is -0.733. The fourth-order valence-corrected chi connectivity index (χ4v) is 4.26. The standard InChI is InChI=1S/C21H26ClN2O2.C4H7NO3.CH3Cl/c1-17-10-13-24(14-11-17)16-26-15-23(2)21(12-6-5-9-20(21)25)18-7-3-4-8-19(18)22;1-5(3-6)2-4(7)8;1-2/h3-4,7-8,10-11,13-14H,5-6,9,12,15-16H2,1-2H3;3H,2H2,1H3,(H,7,8);1H3/q+1;;. The maximum Gasteiger partial charge on any atom is 0.323 e. The summed E-state index contributed by atoms with van der Waals surface area (Å²) < 4.78 is 7.88. The van der Waals surface area contributed by atoms with E-state index >= 15 is 0 Å². The number of aliphatic carboxylic acids is 1. The number of carboxylic acid groups (broad SMARTS) is 1. The topological polar surface area (TPSA) is 91.0 Å². The summed E-state index contributed by atoms with van der Waals surface area (Å²) in [5.41, 5.74) is 1.40. The summed E-state index contributed by atoms with van der Waals surface area (Å²) >= 11 is 11.1. The Kier molecular flexibility index (Phi) is 14.2. The summed E-state index contributed by atoms with van der Waals surface area (Å²) in [6, 6.07) is 11.8. The summed E-state index contributed by atoms with van der Waals surface area (Å²) in [5.74, 6) is -0.773. The number of alkyl halides is 1. The number of ketones is 1. The van der Waals surface area contributed by atoms with Crippen LogP contribution < -0.4 is 4.57 Å². The molecule has 1 unspecified atom stereocenters. The first-order valence-corrected chi connectivity index (χ1v) is 12.6. The largest absolute Gasteiger partial charge is 0.480 e. The van der Waals surface area contributed by atoms with Crippen LogP contribution in [0.15, 0.2) is 48.8 Å². The van der Waals surface area contributed by atoms with Crippen molar-refractivity contribution in [1.82, 2.24) is 9.80 Å². The number of rotatable bonds is 9. The predicted molar refractivity (Wildman–Crippen MR) is 140 cm³/mol. The van der Waals surface area contributed by atoms with Gasteiger partial charge in [-0.15, -0.1) is 11.6 Å². The molecule has 0 aliphatic heterocycles. The SMILES string of the molecule is CCl.CN(C=O)CC(=O)O.Cc1cc[n+](COCN(C)C2(c3ccccc3Cl)CCCCC2=O)cc1. The Balaban J connectivity index is 0.000000554. The molecule has 10 heteroatoms. The minimum absolute atomic E-state index is 0.228. The zero-order valence-corrected chi connectivity index (χ0v) is 22.8. The number of pyridine rings is 1. The van der Waals surface area contributed by atoms with Crippen LogP contribution in [-0.4, -0.2) is 66.8 Å². The highest BCUT2D eigenvalue weighted by Gasteiger charge is 2.46. The van der Waals surface area contributed by atoms with Gasteiger partial charge in [-0.1, -0.05) is 36.2 Å². The average molecular weight is 541 g/mol. The Bertz CT molecular complexity index is 974. The van der Waals surface area contributed by atoms with Crippen LogP contribution in [0, 0.1) is 6.92 Å². The maximum atomic E-state index is 13.0. The number of ether oxygens (including phenoxy) is 1. The zero-order valence-electron chi connectivity index (χ0n) is 21.3. The summed E-state index contributed by atoms with van der Waals surface area (Å²) in [7, 11) is 3.35. The van der Waals surface area contributed by atoms with Gasteiger partial charge in [-0.2, -0.15) is 4.57 Å². The number of amides is 1. The monoisotopic (exact) mass is 540 g/mol. The lowest BCUT2D eigenvalue weighted by Gasteiger charge is -2.43. The van der Waals surface area contributed by atoms with Crippen LogP contribution in [0.5, 0.6) is 0 Å². The second-order valence-electron chi connectivity index (χ2n) is 8.43. The first-order chi connectivity index (χ1) is 17.2. The molecule has 198 valence electrons. The molecule has 1 fully saturated rings. The second kappa shape index (κ2) is 16.3. The van der Waals surface area contributed by atoms with Gasteiger partial charge in [0.25, 0.3) is 6.73 Å². The highest BCUT2D eigenvalue weighted by molar-refractivity contribution is 6.31. The smallest absolute Gasteiger partial charge is 0.323 e. The van der Waals surface area contributed by atoms with Crippen LogP contribution in [0.4, 0.5) is 0 Å². The van der Waals surface area contributed by atoms with E-state index in [4.69, 9.17) is 21.4 Å². The van der Waals surface area contributed by atoms with Crippen LogP contribution in [0.1, 0.15) is 36.8 Å². The number of carbonyl (C=O) groups excluding carboxylic acids is 2. The van der Waals surface area contributed by atoms with E-state index in [0.717, 1.165) is 29.7 Å². The van der Waals surface area contributed by atoms with Gasteiger partial charge < -0.3 is 14.7 Å². The summed E-state index contributed by atoms with van der Waals surface area (Å²) in [6.45, 7) is 2.62. The Morgan fingerprint density at radius 3 is 2.33 bits per heavy atom. The van der Waals surface area contributed by atoms with E-state index in [0.29, 0.717) is 31.3 Å². The molecule has 1 heterocycles. The number of hydrogen-bond acceptors (Lipinski definition) is 5. The molecular weight excluding hydrogens is 505 g/mol. The van der Waals surface area contributed by atoms with Gasteiger partial charge in [-0.25, -0.2) is 0 Å². The van der Waals surface area contributed by atoms with Crippen molar-refractivity contribution in [3.8, 4) is 0 Å². The third kappa shape index (κ3) is 9.17. The fourth-order valence-electron chi connectivity index (χ4n) is 3.97. The molecule has 1 aromatic heterocycles. The van der Waals surface area contributed by atoms with Crippen molar-refractivity contribution in [3.63, 3.8) is 0 Å². The molecule has 1 aromatic carbocycles. The van der Waals surface area contributed by atoms with Gasteiger partial charge in [0.2, 0.25) is 6.41 Å². The Morgan fingerprint density at radius 1 is 1.17 bits per heavy atom. The molecule has 8 nitrogen and oxygen atoms in total. The zero-order chi connectivity index (χ0) is 27.1. The van der Waals surface area contributed by atoms with Crippen molar-refractivity contribution in [1.29, 1.82) is 0 Å². The molecule has 1 aliphatic carbocycles. The molecular formula is C26H36Cl2N3O5+. The van der Waals surface area contributed by atoms with Crippen LogP contribution >= 0.6 is 23.2 Å². The molecule has 36 heavy (non-hydrogen) atoms. The van der Waals surface area contributed by atoms with Gasteiger partial charge in [0.15, 0.2) is 18.2 Å². The van der Waals surface area contributed by atoms with E-state index in [1.807, 2.05) is 65.3 Å². The van der Waals surface area contributed by atoms with E-state index in [2.05, 4.69) is 18.5 Å². The molecule has 0 radical (unpaired) electrons. The first-order valence-electron chi connectivity index (χ1n) is 11.5. The van der Waals surface area contributed by atoms with Crippen molar-refractivity contribution >= 4 is 41.4 Å². The lowest BCUT2D eigenvalue weighted by Crippen LogP contribution is -2.53. The second-order valence-corrected chi connectivity index (χ2v) is 8.84. The van der Waals surface area contributed by atoms with E-state index in [-0.39, 0.29) is 12.3 Å². The molecule has 2 aromatic rings. The number of carboxylic acids is 1. The molecule has 1 saturated carbocycles. The van der Waals surface area contributed by atoms with E-state index in [1.165, 1.54) is 19.0 Å². The number of hydrogen-bond donors (Lipinski definition) is 1. The van der Waals surface area contributed by atoms with Gasteiger partial charge in [-0.05, 0) is 44.0 Å². The van der Waals surface area contributed by atoms with Crippen LogP contribution in [0.3, 0.4) is 0 Å². The Labute approximate surface area is 223 Å². The Hall–Kier alpha value is -2.52. The van der Waals surface area contributed by atoms with E-state index < -0.39 is 11.5 Å². The van der Waals surface area contributed by atoms with Gasteiger partial charge in [-0.3, -0.25) is 19.3 Å². The van der Waals surface area contributed by atoms with Gasteiger partial charge >= 0.3 is 5.97 Å². The third-order valence-electron chi connectivity index (χ3n) is 5.77. The Morgan fingerprint density at radius 2 is 1.81 bits per heavy atom. The minimum Gasteiger partial charge on any atom is -0.480 e. The third-order valence-corrected chi connectivity index (χ3v) is 6.10. The summed E-state index contributed by atoms with van der Waals surface area (Å²) in [5, 5.41) is 8.66. The van der Waals surface area contributed by atoms with Crippen molar-refractivity contribution in [2.45, 2.75) is 44.9 Å². The van der Waals surface area contributed by atoms with E-state index in [9.17, 15) is 14.4 Å². The van der Waals surface area contributed by atoms with Crippen molar-refractivity contribution in [2.75, 3.05) is 33.8 Å². The van der Waals surface area contributed by atoms with Gasteiger partial charge in [0, 0.05) is 37.0 Å². The van der Waals surface area contributed by atoms with Crippen molar-refractivity contribution in [2.24, 2.45) is 0 Å². The number of aromatic nitrogens is 1. The number of aryl methyl sites for hydroxylation is 1. The molecule has 1 atom stereocenters. The molecule has 0 bridgehead atoms. The normalized spacial score (nSPS) is 16.8. The highest BCUT2D eigenvalue weighted by atomic mass is 35.5. The van der Waals surface area contributed by atoms with Crippen LogP contribution in [0.2, 0.25) is 5.02 Å². The molecule has 1 N–H and O–H groups in total. The van der Waals surface area contributed by atoms with Gasteiger partial charge in [0.05, 0.1) is 0 Å². The van der Waals surface area contributed by atoms with Crippen molar-refractivity contribution in [3.05, 3.63) is 64.9 Å². The summed E-state index contributed by atoms with van der Waals surface area (Å²) in [4.78, 5) is 35.6. The number of likely N-dealkylation sites (N-methyl/N-ethyl adjacent to an activating group) is 2. The first kappa shape index (κ1) is 31.5.